The summed E-state index contributed by atoms with van der Waals surface area (Å²) in [5.74, 6) is 0.461. The average molecular weight is 379 g/mol. The van der Waals surface area contributed by atoms with E-state index in [9.17, 15) is 15.0 Å². The number of nitrogens with zero attached hydrogens (tertiary/aromatic N) is 5. The molecule has 0 spiro atoms. The summed E-state index contributed by atoms with van der Waals surface area (Å²) in [5, 5.41) is 21.0. The lowest BCUT2D eigenvalue weighted by atomic mass is 10.1. The molecule has 0 saturated carbocycles. The number of carbonyl (C=O) groups is 1. The zero-order valence-corrected chi connectivity index (χ0v) is 15.3. The zero-order chi connectivity index (χ0) is 19.7. The molecular formula is C16H25N7O4. The molecule has 4 atom stereocenters. The van der Waals surface area contributed by atoms with Gasteiger partial charge in [-0.2, -0.15) is 0 Å². The first kappa shape index (κ1) is 19.4. The first-order valence-electron chi connectivity index (χ1n) is 8.79. The summed E-state index contributed by atoms with van der Waals surface area (Å²) in [4.78, 5) is 25.4. The summed E-state index contributed by atoms with van der Waals surface area (Å²) in [7, 11) is 1.79. The van der Waals surface area contributed by atoms with Crippen LogP contribution in [-0.2, 0) is 16.0 Å². The van der Waals surface area contributed by atoms with Gasteiger partial charge < -0.3 is 31.3 Å². The number of hydrogen-bond acceptors (Lipinski definition) is 9. The molecule has 3 heterocycles. The molecule has 1 aliphatic rings. The number of aliphatic hydroxyl groups excluding tert-OH is 2. The van der Waals surface area contributed by atoms with E-state index in [1.165, 1.54) is 6.33 Å². The van der Waals surface area contributed by atoms with E-state index in [2.05, 4.69) is 15.0 Å². The number of fused-ring (bicyclic) bond motifs is 1. The molecule has 1 amide bonds. The van der Waals surface area contributed by atoms with Crippen molar-refractivity contribution in [1.29, 1.82) is 0 Å². The molecule has 3 rings (SSSR count). The highest BCUT2D eigenvalue weighted by Crippen LogP contribution is 2.34. The predicted octanol–water partition coefficient (Wildman–Crippen LogP) is -1.60. The average Bonchev–Trinajstić information content (AvgIpc) is 3.13. The number of anilines is 1. The van der Waals surface area contributed by atoms with Crippen LogP contribution in [0.2, 0.25) is 0 Å². The minimum atomic E-state index is -1.17. The van der Waals surface area contributed by atoms with Crippen LogP contribution in [-0.4, -0.2) is 79.0 Å². The van der Waals surface area contributed by atoms with E-state index in [4.69, 9.17) is 16.2 Å². The Balaban J connectivity index is 1.85. The van der Waals surface area contributed by atoms with Crippen LogP contribution in [0.4, 0.5) is 5.82 Å². The van der Waals surface area contributed by atoms with Gasteiger partial charge >= 0.3 is 0 Å². The Hall–Kier alpha value is -2.34. The van der Waals surface area contributed by atoms with Crippen LogP contribution in [0, 0.1) is 0 Å². The molecule has 6 N–H and O–H groups in total. The molecule has 2 aromatic rings. The summed E-state index contributed by atoms with van der Waals surface area (Å²) >= 11 is 0. The maximum absolute atomic E-state index is 10.9. The lowest BCUT2D eigenvalue weighted by Crippen LogP contribution is -2.39. The standard InChI is InChI=1S/C16H25N7O4/c1-3-10-21-11-14(18)19-7-20-15(11)23(10)16-13(26)12(25)8(27-16)6-22(2)5-4-9(17)24/h7-8,12-13,16,25-26H,3-6H2,1-2H3,(H2,17,24)(H2,18,19,20)/t8-,12-,13-,16-/m1/s1. The third-order valence-corrected chi connectivity index (χ3v) is 4.72. The highest BCUT2D eigenvalue weighted by molar-refractivity contribution is 5.82. The highest BCUT2D eigenvalue weighted by atomic mass is 16.6. The second-order valence-corrected chi connectivity index (χ2v) is 6.71. The number of primary amides is 1. The van der Waals surface area contributed by atoms with E-state index in [-0.39, 0.29) is 12.2 Å². The fourth-order valence-electron chi connectivity index (χ4n) is 3.28. The minimum absolute atomic E-state index is 0.202. The van der Waals surface area contributed by atoms with Crippen LogP contribution in [0.25, 0.3) is 11.2 Å². The number of nitrogens with two attached hydrogens (primary N) is 2. The van der Waals surface area contributed by atoms with Crippen molar-refractivity contribution in [2.24, 2.45) is 5.73 Å². The van der Waals surface area contributed by atoms with E-state index >= 15 is 0 Å². The first-order valence-corrected chi connectivity index (χ1v) is 8.79. The molecule has 0 aromatic carbocycles. The van der Waals surface area contributed by atoms with Crippen molar-refractivity contribution in [3.63, 3.8) is 0 Å². The van der Waals surface area contributed by atoms with Gasteiger partial charge in [-0.1, -0.05) is 6.92 Å². The minimum Gasteiger partial charge on any atom is -0.387 e. The monoisotopic (exact) mass is 379 g/mol. The lowest BCUT2D eigenvalue weighted by Gasteiger charge is -2.22. The van der Waals surface area contributed by atoms with E-state index < -0.39 is 30.4 Å². The Morgan fingerprint density at radius 3 is 2.78 bits per heavy atom. The maximum atomic E-state index is 10.9. The lowest BCUT2D eigenvalue weighted by molar-refractivity contribution is -0.118. The van der Waals surface area contributed by atoms with E-state index in [0.717, 1.165) is 0 Å². The number of hydrogen-bond donors (Lipinski definition) is 4. The molecule has 1 aliphatic heterocycles. The molecule has 0 radical (unpaired) electrons. The van der Waals surface area contributed by atoms with Crippen LogP contribution in [0.3, 0.4) is 0 Å². The molecule has 0 bridgehead atoms. The van der Waals surface area contributed by atoms with E-state index in [0.29, 0.717) is 36.5 Å². The molecule has 148 valence electrons. The van der Waals surface area contributed by atoms with Crippen LogP contribution in [0.1, 0.15) is 25.4 Å². The number of carbonyl (C=O) groups excluding carboxylic acids is 1. The summed E-state index contributed by atoms with van der Waals surface area (Å²) < 4.78 is 7.62. The SMILES string of the molecule is CCc1nc2c(N)ncnc2n1[C@@H]1O[C@H](CN(C)CCC(N)=O)[C@@H](O)[C@H]1O. The van der Waals surface area contributed by atoms with Crippen molar-refractivity contribution >= 4 is 22.9 Å². The van der Waals surface area contributed by atoms with Crippen LogP contribution >= 0.6 is 0 Å². The smallest absolute Gasteiger partial charge is 0.218 e. The third kappa shape index (κ3) is 3.72. The van der Waals surface area contributed by atoms with E-state index in [1.54, 1.807) is 11.6 Å². The molecule has 0 aliphatic carbocycles. The number of aliphatic hydroxyl groups is 2. The largest absolute Gasteiger partial charge is 0.387 e. The summed E-state index contributed by atoms with van der Waals surface area (Å²) in [6.07, 6.45) is -1.70. The molecular weight excluding hydrogens is 354 g/mol. The predicted molar refractivity (Wildman–Crippen MR) is 96.3 cm³/mol. The van der Waals surface area contributed by atoms with Crippen molar-refractivity contribution in [3.8, 4) is 0 Å². The summed E-state index contributed by atoms with van der Waals surface area (Å²) in [6, 6.07) is 0. The van der Waals surface area contributed by atoms with Gasteiger partial charge in [0.05, 0.1) is 0 Å². The number of ether oxygens (including phenoxy) is 1. The molecule has 1 saturated heterocycles. The molecule has 1 fully saturated rings. The zero-order valence-electron chi connectivity index (χ0n) is 15.3. The summed E-state index contributed by atoms with van der Waals surface area (Å²) in [5.41, 5.74) is 11.9. The topological polar surface area (TPSA) is 166 Å². The van der Waals surface area contributed by atoms with Gasteiger partial charge in [-0.15, -0.1) is 0 Å². The number of nitrogen functional groups attached to an aromatic ring is 1. The molecule has 11 heteroatoms. The fraction of sp³-hybridized carbons (Fsp3) is 0.625. The number of amides is 1. The third-order valence-electron chi connectivity index (χ3n) is 4.72. The Kier molecular flexibility index (Phi) is 5.56. The number of aromatic nitrogens is 4. The normalized spacial score (nSPS) is 25.5. The van der Waals surface area contributed by atoms with Gasteiger partial charge in [0, 0.05) is 25.9 Å². The van der Waals surface area contributed by atoms with Gasteiger partial charge in [-0.25, -0.2) is 15.0 Å². The van der Waals surface area contributed by atoms with Crippen LogP contribution < -0.4 is 11.5 Å². The second-order valence-electron chi connectivity index (χ2n) is 6.71. The van der Waals surface area contributed by atoms with Crippen LogP contribution in [0.5, 0.6) is 0 Å². The van der Waals surface area contributed by atoms with Gasteiger partial charge in [0.25, 0.3) is 0 Å². The Bertz CT molecular complexity index is 826. The van der Waals surface area contributed by atoms with Gasteiger partial charge in [0.1, 0.15) is 30.5 Å². The number of aryl methyl sites for hydroxylation is 1. The van der Waals surface area contributed by atoms with Crippen molar-refractivity contribution < 1.29 is 19.7 Å². The maximum Gasteiger partial charge on any atom is 0.218 e. The Morgan fingerprint density at radius 1 is 1.37 bits per heavy atom. The Labute approximate surface area is 156 Å². The van der Waals surface area contributed by atoms with Gasteiger partial charge in [0.15, 0.2) is 23.2 Å². The van der Waals surface area contributed by atoms with Gasteiger partial charge in [0.2, 0.25) is 5.91 Å². The number of likely N-dealkylation sites (N-methyl/N-ethyl adjacent to an activating group) is 1. The highest BCUT2D eigenvalue weighted by Gasteiger charge is 2.45. The van der Waals surface area contributed by atoms with Gasteiger partial charge in [-0.05, 0) is 7.05 Å². The molecule has 2 aromatic heterocycles. The van der Waals surface area contributed by atoms with Crippen molar-refractivity contribution in [2.45, 2.75) is 44.3 Å². The Morgan fingerprint density at radius 2 is 2.11 bits per heavy atom. The summed E-state index contributed by atoms with van der Waals surface area (Å²) in [6.45, 7) is 2.67. The van der Waals surface area contributed by atoms with Crippen molar-refractivity contribution in [3.05, 3.63) is 12.2 Å². The first-order chi connectivity index (χ1) is 12.8. The molecule has 27 heavy (non-hydrogen) atoms. The fourth-order valence-corrected chi connectivity index (χ4v) is 3.28. The number of rotatable bonds is 7. The number of imidazole rings is 1. The van der Waals surface area contributed by atoms with Crippen molar-refractivity contribution in [2.75, 3.05) is 25.9 Å². The quantitative estimate of drug-likeness (QED) is 0.443. The van der Waals surface area contributed by atoms with E-state index in [1.807, 2.05) is 11.8 Å². The second kappa shape index (κ2) is 7.72. The van der Waals surface area contributed by atoms with Crippen molar-refractivity contribution in [1.82, 2.24) is 24.4 Å². The molecule has 11 nitrogen and oxygen atoms in total. The molecule has 0 unspecified atom stereocenters. The van der Waals surface area contributed by atoms with Crippen LogP contribution in [0.15, 0.2) is 6.33 Å². The van der Waals surface area contributed by atoms with Gasteiger partial charge in [-0.3, -0.25) is 9.36 Å².